The summed E-state index contributed by atoms with van der Waals surface area (Å²) in [4.78, 5) is 12.2. The summed E-state index contributed by atoms with van der Waals surface area (Å²) in [5, 5.41) is 0. The van der Waals surface area contributed by atoms with Crippen LogP contribution in [0.4, 0.5) is 0 Å². The van der Waals surface area contributed by atoms with Crippen LogP contribution in [0.3, 0.4) is 0 Å². The lowest BCUT2D eigenvalue weighted by Gasteiger charge is -2.13. The molecular formula is C18H24O. The molecule has 0 saturated carbocycles. The molecule has 0 bridgehead atoms. The number of ketones is 1. The molecule has 19 heavy (non-hydrogen) atoms. The number of aryl methyl sites for hydroxylation is 1. The zero-order valence-corrected chi connectivity index (χ0v) is 11.9. The molecule has 1 nitrogen and oxygen atoms in total. The summed E-state index contributed by atoms with van der Waals surface area (Å²) in [7, 11) is 0. The molecule has 0 amide bonds. The topological polar surface area (TPSA) is 17.1 Å². The van der Waals surface area contributed by atoms with Gasteiger partial charge < -0.3 is 0 Å². The van der Waals surface area contributed by atoms with Crippen molar-refractivity contribution in [2.24, 2.45) is 5.92 Å². The molecule has 0 atom stereocenters. The Hall–Kier alpha value is -1.37. The maximum atomic E-state index is 12.2. The van der Waals surface area contributed by atoms with Crippen molar-refractivity contribution in [1.29, 1.82) is 0 Å². The Balaban J connectivity index is 1.82. The van der Waals surface area contributed by atoms with Crippen molar-refractivity contribution < 1.29 is 4.79 Å². The Morgan fingerprint density at radius 2 is 1.74 bits per heavy atom. The largest absolute Gasteiger partial charge is 0.294 e. The van der Waals surface area contributed by atoms with E-state index >= 15 is 0 Å². The average Bonchev–Trinajstić information content (AvgIpc) is 2.73. The van der Waals surface area contributed by atoms with Gasteiger partial charge in [0.05, 0.1) is 0 Å². The predicted molar refractivity (Wildman–Crippen MR) is 80.5 cm³/mol. The average molecular weight is 256 g/mol. The van der Waals surface area contributed by atoms with E-state index in [2.05, 4.69) is 31.2 Å². The lowest BCUT2D eigenvalue weighted by Crippen LogP contribution is -2.05. The normalized spacial score (nSPS) is 16.3. The van der Waals surface area contributed by atoms with E-state index in [1.165, 1.54) is 31.2 Å². The first-order valence-electron chi connectivity index (χ1n) is 7.56. The third kappa shape index (κ3) is 4.34. The minimum Gasteiger partial charge on any atom is -0.294 e. The summed E-state index contributed by atoms with van der Waals surface area (Å²) in [5.41, 5.74) is 2.18. The quantitative estimate of drug-likeness (QED) is 0.537. The maximum absolute atomic E-state index is 12.2. The Labute approximate surface area is 116 Å². The van der Waals surface area contributed by atoms with E-state index in [1.54, 1.807) is 0 Å². The molecule has 0 unspecified atom stereocenters. The van der Waals surface area contributed by atoms with Gasteiger partial charge in [0.25, 0.3) is 0 Å². The van der Waals surface area contributed by atoms with Gasteiger partial charge in [-0.25, -0.2) is 0 Å². The Morgan fingerprint density at radius 1 is 1.11 bits per heavy atom. The van der Waals surface area contributed by atoms with E-state index in [-0.39, 0.29) is 0 Å². The highest BCUT2D eigenvalue weighted by atomic mass is 16.1. The third-order valence-corrected chi connectivity index (χ3v) is 4.11. The van der Waals surface area contributed by atoms with Crippen LogP contribution in [-0.2, 0) is 6.42 Å². The molecule has 1 aliphatic rings. The molecule has 102 valence electrons. The van der Waals surface area contributed by atoms with E-state index in [0.29, 0.717) is 12.2 Å². The van der Waals surface area contributed by atoms with Crippen molar-refractivity contribution in [3.63, 3.8) is 0 Å². The Morgan fingerprint density at radius 3 is 2.32 bits per heavy atom. The van der Waals surface area contributed by atoms with Crippen LogP contribution in [0.15, 0.2) is 36.4 Å². The van der Waals surface area contributed by atoms with Gasteiger partial charge in [-0.3, -0.25) is 4.79 Å². The second-order valence-corrected chi connectivity index (χ2v) is 5.50. The molecule has 0 aromatic heterocycles. The van der Waals surface area contributed by atoms with Gasteiger partial charge in [-0.1, -0.05) is 43.3 Å². The first-order valence-corrected chi connectivity index (χ1v) is 7.56. The predicted octanol–water partition coefficient (Wildman–Crippen LogP) is 4.96. The van der Waals surface area contributed by atoms with Crippen LogP contribution in [0.25, 0.3) is 0 Å². The number of carbonyl (C=O) groups is 1. The monoisotopic (exact) mass is 256 g/mol. The minimum absolute atomic E-state index is 0.305. The molecule has 1 aromatic rings. The molecule has 2 rings (SSSR count). The number of hydrogen-bond acceptors (Lipinski definition) is 1. The van der Waals surface area contributed by atoms with Crippen molar-refractivity contribution in [2.75, 3.05) is 0 Å². The summed E-state index contributed by atoms with van der Waals surface area (Å²) < 4.78 is 0. The van der Waals surface area contributed by atoms with E-state index in [1.807, 2.05) is 12.1 Å². The molecule has 0 radical (unpaired) electrons. The van der Waals surface area contributed by atoms with E-state index in [0.717, 1.165) is 24.3 Å². The van der Waals surface area contributed by atoms with Crippen LogP contribution in [0.2, 0.25) is 0 Å². The lowest BCUT2D eigenvalue weighted by molar-refractivity contribution is 0.0972. The number of carbonyl (C=O) groups excluding carboxylic acids is 1. The summed E-state index contributed by atoms with van der Waals surface area (Å²) >= 11 is 0. The van der Waals surface area contributed by atoms with Crippen molar-refractivity contribution >= 4 is 5.78 Å². The van der Waals surface area contributed by atoms with Gasteiger partial charge in [0.15, 0.2) is 5.78 Å². The molecule has 1 aliphatic carbocycles. The van der Waals surface area contributed by atoms with Crippen molar-refractivity contribution in [2.45, 2.75) is 51.9 Å². The van der Waals surface area contributed by atoms with Crippen molar-refractivity contribution in [3.05, 3.63) is 47.5 Å². The van der Waals surface area contributed by atoms with Crippen LogP contribution in [0.1, 0.15) is 61.4 Å². The van der Waals surface area contributed by atoms with Crippen LogP contribution in [0.5, 0.6) is 0 Å². The van der Waals surface area contributed by atoms with Crippen molar-refractivity contribution in [3.8, 4) is 0 Å². The summed E-state index contributed by atoms with van der Waals surface area (Å²) in [6.07, 6.45) is 12.2. The van der Waals surface area contributed by atoms with Crippen LogP contribution < -0.4 is 0 Å². The maximum Gasteiger partial charge on any atom is 0.162 e. The highest BCUT2D eigenvalue weighted by Gasteiger charge is 2.13. The molecule has 0 N–H and O–H groups in total. The van der Waals surface area contributed by atoms with Gasteiger partial charge in [-0.15, -0.1) is 0 Å². The highest BCUT2D eigenvalue weighted by molar-refractivity contribution is 5.96. The zero-order valence-electron chi connectivity index (χ0n) is 11.9. The van der Waals surface area contributed by atoms with Gasteiger partial charge in [-0.05, 0) is 50.0 Å². The lowest BCUT2D eigenvalue weighted by atomic mass is 9.92. The second kappa shape index (κ2) is 7.28. The minimum atomic E-state index is 0.305. The van der Waals surface area contributed by atoms with Crippen LogP contribution >= 0.6 is 0 Å². The molecule has 1 heteroatoms. The van der Waals surface area contributed by atoms with E-state index < -0.39 is 0 Å². The number of allylic oxidation sites excluding steroid dienone is 2. The molecular weight excluding hydrogens is 232 g/mol. The Bertz CT molecular complexity index is 418. The molecule has 0 saturated heterocycles. The fourth-order valence-electron chi connectivity index (χ4n) is 2.74. The van der Waals surface area contributed by atoms with Gasteiger partial charge in [0, 0.05) is 12.0 Å². The second-order valence-electron chi connectivity index (χ2n) is 5.50. The highest BCUT2D eigenvalue weighted by Crippen LogP contribution is 2.24. The SMILES string of the molecule is CCc1ccc(C(=O)CCC2CCC=CCC2)cc1. The smallest absolute Gasteiger partial charge is 0.162 e. The van der Waals surface area contributed by atoms with E-state index in [4.69, 9.17) is 0 Å². The van der Waals surface area contributed by atoms with Crippen LogP contribution in [0, 0.1) is 5.92 Å². The molecule has 0 heterocycles. The fourth-order valence-corrected chi connectivity index (χ4v) is 2.74. The fraction of sp³-hybridized carbons (Fsp3) is 0.500. The number of Topliss-reactive ketones (excluding diaryl/α,β-unsaturated/α-hetero) is 1. The van der Waals surface area contributed by atoms with Gasteiger partial charge in [0.1, 0.15) is 0 Å². The zero-order chi connectivity index (χ0) is 13.5. The number of hydrogen-bond donors (Lipinski definition) is 0. The van der Waals surface area contributed by atoms with E-state index in [9.17, 15) is 4.79 Å². The summed E-state index contributed by atoms with van der Waals surface area (Å²) in [6, 6.07) is 8.11. The molecule has 0 spiro atoms. The van der Waals surface area contributed by atoms with Gasteiger partial charge in [-0.2, -0.15) is 0 Å². The van der Waals surface area contributed by atoms with Crippen LogP contribution in [-0.4, -0.2) is 5.78 Å². The van der Waals surface area contributed by atoms with Crippen molar-refractivity contribution in [1.82, 2.24) is 0 Å². The Kier molecular flexibility index (Phi) is 5.38. The third-order valence-electron chi connectivity index (χ3n) is 4.11. The standard InChI is InChI=1S/C18H24O/c1-2-15-9-12-17(13-10-15)18(19)14-11-16-7-5-3-4-6-8-16/h3-4,9-10,12-13,16H,2,5-8,11,14H2,1H3. The molecule has 0 fully saturated rings. The number of benzene rings is 1. The molecule has 1 aromatic carbocycles. The summed E-state index contributed by atoms with van der Waals surface area (Å²) in [6.45, 7) is 2.14. The number of rotatable bonds is 5. The first-order chi connectivity index (χ1) is 9.29. The summed E-state index contributed by atoms with van der Waals surface area (Å²) in [5.74, 6) is 1.04. The van der Waals surface area contributed by atoms with Gasteiger partial charge >= 0.3 is 0 Å². The molecule has 0 aliphatic heterocycles. The van der Waals surface area contributed by atoms with Gasteiger partial charge in [0.2, 0.25) is 0 Å². The first kappa shape index (κ1) is 14.0.